The van der Waals surface area contributed by atoms with Crippen LogP contribution in [0.1, 0.15) is 99.3 Å². The van der Waals surface area contributed by atoms with Crippen LogP contribution in [0.2, 0.25) is 0 Å². The van der Waals surface area contributed by atoms with Crippen LogP contribution in [0.5, 0.6) is 0 Å². The molecule has 0 amide bonds. The Kier molecular flexibility index (Phi) is 45.7. The third-order valence-corrected chi connectivity index (χ3v) is 2.99. The van der Waals surface area contributed by atoms with Gasteiger partial charge in [0.1, 0.15) is 6.61 Å². The van der Waals surface area contributed by atoms with E-state index in [2.05, 4.69) is 47.5 Å². The second-order valence-electron chi connectivity index (χ2n) is 5.31. The van der Waals surface area contributed by atoms with Gasteiger partial charge >= 0.3 is 0 Å². The van der Waals surface area contributed by atoms with Gasteiger partial charge in [0, 0.05) is 30.5 Å². The van der Waals surface area contributed by atoms with Crippen LogP contribution in [0.25, 0.3) is 0 Å². The third kappa shape index (κ3) is 39.2. The van der Waals surface area contributed by atoms with Crippen molar-refractivity contribution in [2.24, 2.45) is 0 Å². The third-order valence-electron chi connectivity index (χ3n) is 2.99. The van der Waals surface area contributed by atoms with E-state index in [0.717, 1.165) is 19.4 Å². The number of terminal acetylenes is 1. The van der Waals surface area contributed by atoms with E-state index in [1.165, 1.54) is 44.9 Å². The van der Waals surface area contributed by atoms with Gasteiger partial charge in [0.15, 0.2) is 6.29 Å². The quantitative estimate of drug-likeness (QED) is 0.380. The average molecular weight is 433 g/mol. The Bertz CT molecular complexity index is 181. The van der Waals surface area contributed by atoms with Crippen LogP contribution >= 0.6 is 0 Å². The van der Waals surface area contributed by atoms with Gasteiger partial charge in [0.05, 0.1) is 0 Å². The smallest absolute Gasteiger partial charge is 0.158 e. The molecule has 0 aliphatic carbocycles. The second-order valence-corrected chi connectivity index (χ2v) is 5.31. The first kappa shape index (κ1) is 31.1. The van der Waals surface area contributed by atoms with E-state index in [1.54, 1.807) is 0 Å². The van der Waals surface area contributed by atoms with Crippen LogP contribution in [0.3, 0.4) is 0 Å². The Labute approximate surface area is 164 Å². The van der Waals surface area contributed by atoms with E-state index in [-0.39, 0.29) is 30.2 Å². The molecule has 2 nitrogen and oxygen atoms in total. The molecule has 1 saturated heterocycles. The Morgan fingerprint density at radius 3 is 1.57 bits per heavy atom. The molecule has 0 aromatic carbocycles. The molecule has 1 aliphatic heterocycles. The van der Waals surface area contributed by atoms with Gasteiger partial charge in [-0.25, -0.2) is 0 Å². The molecular weight excluding hydrogens is 391 g/mol. The molecule has 138 valence electrons. The maximum atomic E-state index is 5.26. The van der Waals surface area contributed by atoms with Crippen molar-refractivity contribution < 1.29 is 9.47 Å². The van der Waals surface area contributed by atoms with Crippen LogP contribution in [0, 0.1) is 12.3 Å². The summed E-state index contributed by atoms with van der Waals surface area (Å²) in [6, 6.07) is 0. The predicted molar refractivity (Wildman–Crippen MR) is 106 cm³/mol. The minimum absolute atomic E-state index is 0. The SMILES string of the molecule is C#CCOC1CCCCO1.CCCC.CCCC.CCCC.[Sn]. The molecule has 0 bridgehead atoms. The van der Waals surface area contributed by atoms with Crippen molar-refractivity contribution in [2.75, 3.05) is 13.2 Å². The standard InChI is InChI=1S/C8H12O2.3C4H10.Sn/c1-2-6-9-8-5-3-4-7-10-8;3*1-3-4-2;/h1,8H,3-7H2;3*3-4H2,1-2H3;. The minimum Gasteiger partial charge on any atom is -0.353 e. The molecule has 23 heavy (non-hydrogen) atoms. The zero-order chi connectivity index (χ0) is 17.5. The van der Waals surface area contributed by atoms with E-state index in [1.807, 2.05) is 0 Å². The largest absolute Gasteiger partial charge is 0.353 e. The first-order valence-electron chi connectivity index (χ1n) is 9.34. The summed E-state index contributed by atoms with van der Waals surface area (Å²) in [6.07, 6.45) is 16.2. The monoisotopic (exact) mass is 434 g/mol. The van der Waals surface area contributed by atoms with Crippen molar-refractivity contribution in [2.45, 2.75) is 106 Å². The van der Waals surface area contributed by atoms with E-state index in [0.29, 0.717) is 6.61 Å². The van der Waals surface area contributed by atoms with E-state index < -0.39 is 0 Å². The number of hydrogen-bond donors (Lipinski definition) is 0. The predicted octanol–water partition coefficient (Wildman–Crippen LogP) is 6.20. The molecule has 1 fully saturated rings. The summed E-state index contributed by atoms with van der Waals surface area (Å²) in [4.78, 5) is 0. The molecule has 0 aromatic rings. The number of ether oxygens (including phenoxy) is 2. The van der Waals surface area contributed by atoms with Gasteiger partial charge in [-0.3, -0.25) is 0 Å². The van der Waals surface area contributed by atoms with Crippen LogP contribution in [-0.2, 0) is 9.47 Å². The number of rotatable bonds is 5. The molecule has 1 unspecified atom stereocenters. The Balaban J connectivity index is -0.000000118. The number of unbranched alkanes of at least 4 members (excludes halogenated alkanes) is 3. The molecule has 1 aliphatic rings. The zero-order valence-corrected chi connectivity index (χ0v) is 19.6. The van der Waals surface area contributed by atoms with Crippen molar-refractivity contribution in [3.63, 3.8) is 0 Å². The maximum Gasteiger partial charge on any atom is 0.158 e. The summed E-state index contributed by atoms with van der Waals surface area (Å²) in [5.41, 5.74) is 0. The molecule has 0 N–H and O–H groups in total. The molecule has 4 radical (unpaired) electrons. The molecule has 0 saturated carbocycles. The maximum absolute atomic E-state index is 5.26. The summed E-state index contributed by atoms with van der Waals surface area (Å²) in [6.45, 7) is 14.3. The summed E-state index contributed by atoms with van der Waals surface area (Å²) in [7, 11) is 0. The zero-order valence-electron chi connectivity index (χ0n) is 16.7. The fourth-order valence-electron chi connectivity index (χ4n) is 0.984. The van der Waals surface area contributed by atoms with Gasteiger partial charge in [-0.1, -0.05) is 86.0 Å². The van der Waals surface area contributed by atoms with Crippen LogP contribution in [0.15, 0.2) is 0 Å². The molecule has 0 aromatic heterocycles. The molecule has 1 rings (SSSR count). The summed E-state index contributed by atoms with van der Waals surface area (Å²) < 4.78 is 10.4. The minimum atomic E-state index is -0.0372. The van der Waals surface area contributed by atoms with Gasteiger partial charge in [-0.2, -0.15) is 0 Å². The van der Waals surface area contributed by atoms with Crippen molar-refractivity contribution >= 4 is 23.9 Å². The molecule has 1 atom stereocenters. The first-order chi connectivity index (χ1) is 10.7. The second kappa shape index (κ2) is 33.8. The van der Waals surface area contributed by atoms with E-state index >= 15 is 0 Å². The van der Waals surface area contributed by atoms with Crippen molar-refractivity contribution in [1.82, 2.24) is 0 Å². The van der Waals surface area contributed by atoms with Gasteiger partial charge in [0.2, 0.25) is 0 Å². The normalized spacial score (nSPS) is 15.1. The van der Waals surface area contributed by atoms with Crippen molar-refractivity contribution in [3.8, 4) is 12.3 Å². The summed E-state index contributed by atoms with van der Waals surface area (Å²) in [5.74, 6) is 2.41. The molecular formula is C20H42O2Sn. The topological polar surface area (TPSA) is 18.5 Å². The van der Waals surface area contributed by atoms with Gasteiger partial charge < -0.3 is 9.47 Å². The molecule has 0 spiro atoms. The van der Waals surface area contributed by atoms with Gasteiger partial charge in [0.25, 0.3) is 0 Å². The van der Waals surface area contributed by atoms with Crippen molar-refractivity contribution in [1.29, 1.82) is 0 Å². The van der Waals surface area contributed by atoms with Gasteiger partial charge in [-0.15, -0.1) is 6.42 Å². The fourth-order valence-corrected chi connectivity index (χ4v) is 0.984. The Hall–Kier alpha value is 0.279. The van der Waals surface area contributed by atoms with Crippen LogP contribution in [-0.4, -0.2) is 43.4 Å². The van der Waals surface area contributed by atoms with Crippen LogP contribution in [0.4, 0.5) is 0 Å². The Morgan fingerprint density at radius 1 is 0.870 bits per heavy atom. The summed E-state index contributed by atoms with van der Waals surface area (Å²) >= 11 is 0. The van der Waals surface area contributed by atoms with Crippen LogP contribution < -0.4 is 0 Å². The molecule has 1 heterocycles. The Morgan fingerprint density at radius 2 is 1.30 bits per heavy atom. The first-order valence-corrected chi connectivity index (χ1v) is 9.34. The molecule has 3 heteroatoms. The average Bonchev–Trinajstić information content (AvgIpc) is 2.61. The van der Waals surface area contributed by atoms with Crippen molar-refractivity contribution in [3.05, 3.63) is 0 Å². The van der Waals surface area contributed by atoms with Gasteiger partial charge in [-0.05, 0) is 19.3 Å². The van der Waals surface area contributed by atoms with E-state index in [4.69, 9.17) is 15.9 Å². The van der Waals surface area contributed by atoms with E-state index in [9.17, 15) is 0 Å². The fraction of sp³-hybridized carbons (Fsp3) is 0.900. The number of hydrogen-bond acceptors (Lipinski definition) is 2. The summed E-state index contributed by atoms with van der Waals surface area (Å²) in [5, 5.41) is 0.